The summed E-state index contributed by atoms with van der Waals surface area (Å²) in [6, 6.07) is 0. The number of rotatable bonds is 3. The molecule has 1 aliphatic carbocycles. The van der Waals surface area contributed by atoms with Crippen LogP contribution in [-0.2, 0) is 4.79 Å². The van der Waals surface area contributed by atoms with Gasteiger partial charge in [-0.25, -0.2) is 0 Å². The smallest absolute Gasteiger partial charge is 0.316 e. The molecule has 72 valence electrons. The zero-order chi connectivity index (χ0) is 10.1. The minimum absolute atomic E-state index is 0.279. The second kappa shape index (κ2) is 3.34. The predicted octanol–water partition coefficient (Wildman–Crippen LogP) is 1.34. The Bertz CT molecular complexity index is 267. The summed E-state index contributed by atoms with van der Waals surface area (Å²) in [5.74, 6) is -0.975. The molecular weight excluding hydrogens is 168 g/mol. The molecule has 0 aromatic rings. The van der Waals surface area contributed by atoms with Gasteiger partial charge < -0.3 is 10.2 Å². The minimum atomic E-state index is -1.13. The van der Waals surface area contributed by atoms with Gasteiger partial charge in [0.2, 0.25) is 0 Å². The Balaban J connectivity index is 3.03. The lowest BCUT2D eigenvalue weighted by atomic mass is 9.82. The van der Waals surface area contributed by atoms with Gasteiger partial charge in [0, 0.05) is 0 Å². The number of carboxylic acid groups (broad SMARTS) is 1. The maximum absolute atomic E-state index is 11.0. The highest BCUT2D eigenvalue weighted by Crippen LogP contribution is 2.39. The molecule has 0 aliphatic heterocycles. The maximum Gasteiger partial charge on any atom is 0.316 e. The van der Waals surface area contributed by atoms with Gasteiger partial charge in [-0.1, -0.05) is 17.7 Å². The van der Waals surface area contributed by atoms with Gasteiger partial charge in [0.05, 0.1) is 6.10 Å². The van der Waals surface area contributed by atoms with E-state index in [9.17, 15) is 9.90 Å². The maximum atomic E-state index is 11.0. The Morgan fingerprint density at radius 1 is 1.92 bits per heavy atom. The van der Waals surface area contributed by atoms with E-state index in [0.717, 1.165) is 5.57 Å². The Morgan fingerprint density at radius 3 is 2.85 bits per heavy atom. The van der Waals surface area contributed by atoms with E-state index in [-0.39, 0.29) is 6.42 Å². The molecule has 0 fully saturated rings. The summed E-state index contributed by atoms with van der Waals surface area (Å²) in [6.07, 6.45) is 3.08. The Hall–Kier alpha value is -1.09. The van der Waals surface area contributed by atoms with Gasteiger partial charge in [0.15, 0.2) is 0 Å². The molecule has 13 heavy (non-hydrogen) atoms. The molecule has 0 saturated carbocycles. The van der Waals surface area contributed by atoms with E-state index in [0.29, 0.717) is 6.42 Å². The van der Waals surface area contributed by atoms with E-state index < -0.39 is 17.5 Å². The molecule has 0 bridgehead atoms. The molecule has 1 rings (SSSR count). The number of hydrogen-bond donors (Lipinski definition) is 2. The molecule has 0 spiro atoms. The van der Waals surface area contributed by atoms with Crippen LogP contribution >= 0.6 is 0 Å². The summed E-state index contributed by atoms with van der Waals surface area (Å²) in [4.78, 5) is 11.0. The fraction of sp³-hybridized carbons (Fsp3) is 0.500. The molecule has 3 nitrogen and oxygen atoms in total. The molecule has 0 heterocycles. The summed E-state index contributed by atoms with van der Waals surface area (Å²) in [6.45, 7) is 5.34. The standard InChI is InChI=1S/C10H14O3/c1-3-4-10(9(12)13)6-7(2)5-8(10)11/h3,6,8,11H,1,4-5H2,2H3,(H,12,13)/t8-,10+/m0/s1. The van der Waals surface area contributed by atoms with Crippen molar-refractivity contribution in [3.8, 4) is 0 Å². The highest BCUT2D eigenvalue weighted by molar-refractivity contribution is 5.79. The van der Waals surface area contributed by atoms with Crippen molar-refractivity contribution in [2.75, 3.05) is 0 Å². The second-order valence-corrected chi connectivity index (χ2v) is 3.55. The van der Waals surface area contributed by atoms with E-state index in [1.165, 1.54) is 6.08 Å². The van der Waals surface area contributed by atoms with Crippen LogP contribution in [0.4, 0.5) is 0 Å². The molecule has 3 heteroatoms. The SMILES string of the molecule is C=CC[C@@]1(C(=O)O)C=C(C)C[C@@H]1O. The summed E-state index contributed by atoms with van der Waals surface area (Å²) >= 11 is 0. The summed E-state index contributed by atoms with van der Waals surface area (Å²) in [5, 5.41) is 18.7. The molecule has 2 atom stereocenters. The van der Waals surface area contributed by atoms with E-state index in [2.05, 4.69) is 6.58 Å². The normalized spacial score (nSPS) is 32.8. The van der Waals surface area contributed by atoms with Gasteiger partial charge in [-0.05, 0) is 19.8 Å². The van der Waals surface area contributed by atoms with Gasteiger partial charge in [-0.3, -0.25) is 4.79 Å². The lowest BCUT2D eigenvalue weighted by Crippen LogP contribution is -2.37. The lowest BCUT2D eigenvalue weighted by Gasteiger charge is -2.25. The highest BCUT2D eigenvalue weighted by atomic mass is 16.4. The number of allylic oxidation sites excluding steroid dienone is 1. The fourth-order valence-corrected chi connectivity index (χ4v) is 1.81. The third-order valence-electron chi connectivity index (χ3n) is 2.49. The third kappa shape index (κ3) is 1.52. The second-order valence-electron chi connectivity index (χ2n) is 3.55. The summed E-state index contributed by atoms with van der Waals surface area (Å²) < 4.78 is 0. The van der Waals surface area contributed by atoms with Gasteiger partial charge >= 0.3 is 5.97 Å². The summed E-state index contributed by atoms with van der Waals surface area (Å²) in [5.41, 5.74) is -0.206. The van der Waals surface area contributed by atoms with Crippen LogP contribution in [0, 0.1) is 5.41 Å². The van der Waals surface area contributed by atoms with E-state index in [1.807, 2.05) is 6.92 Å². The summed E-state index contributed by atoms with van der Waals surface area (Å²) in [7, 11) is 0. The van der Waals surface area contributed by atoms with Crippen LogP contribution in [0.15, 0.2) is 24.3 Å². The molecule has 0 saturated heterocycles. The lowest BCUT2D eigenvalue weighted by molar-refractivity contribution is -0.150. The molecular formula is C10H14O3. The molecule has 0 aromatic carbocycles. The van der Waals surface area contributed by atoms with Crippen LogP contribution in [-0.4, -0.2) is 22.3 Å². The Kier molecular flexibility index (Phi) is 2.57. The first-order chi connectivity index (χ1) is 6.03. The topological polar surface area (TPSA) is 57.5 Å². The Labute approximate surface area is 77.4 Å². The molecule has 1 aliphatic rings. The van der Waals surface area contributed by atoms with Crippen molar-refractivity contribution >= 4 is 5.97 Å². The van der Waals surface area contributed by atoms with Crippen LogP contribution in [0.5, 0.6) is 0 Å². The number of aliphatic hydroxyl groups excluding tert-OH is 1. The first kappa shape index (κ1) is 9.99. The number of aliphatic hydroxyl groups is 1. The Morgan fingerprint density at radius 2 is 2.54 bits per heavy atom. The van der Waals surface area contributed by atoms with Crippen molar-refractivity contribution in [1.82, 2.24) is 0 Å². The fourth-order valence-electron chi connectivity index (χ4n) is 1.81. The first-order valence-corrected chi connectivity index (χ1v) is 4.23. The van der Waals surface area contributed by atoms with Crippen molar-refractivity contribution < 1.29 is 15.0 Å². The minimum Gasteiger partial charge on any atom is -0.481 e. The largest absolute Gasteiger partial charge is 0.481 e. The molecule has 0 radical (unpaired) electrons. The molecule has 0 aromatic heterocycles. The zero-order valence-corrected chi connectivity index (χ0v) is 7.66. The number of hydrogen-bond acceptors (Lipinski definition) is 2. The van der Waals surface area contributed by atoms with E-state index in [4.69, 9.17) is 5.11 Å². The van der Waals surface area contributed by atoms with Gasteiger partial charge in [0.25, 0.3) is 0 Å². The van der Waals surface area contributed by atoms with Crippen molar-refractivity contribution in [3.05, 3.63) is 24.3 Å². The van der Waals surface area contributed by atoms with Crippen molar-refractivity contribution in [2.45, 2.75) is 25.9 Å². The number of carbonyl (C=O) groups is 1. The van der Waals surface area contributed by atoms with Crippen molar-refractivity contribution in [2.24, 2.45) is 5.41 Å². The van der Waals surface area contributed by atoms with Crippen molar-refractivity contribution in [1.29, 1.82) is 0 Å². The zero-order valence-electron chi connectivity index (χ0n) is 7.66. The van der Waals surface area contributed by atoms with Gasteiger partial charge in [0.1, 0.15) is 5.41 Å². The highest BCUT2D eigenvalue weighted by Gasteiger charge is 2.45. The van der Waals surface area contributed by atoms with Crippen LogP contribution < -0.4 is 0 Å². The van der Waals surface area contributed by atoms with E-state index >= 15 is 0 Å². The van der Waals surface area contributed by atoms with Crippen molar-refractivity contribution in [3.63, 3.8) is 0 Å². The van der Waals surface area contributed by atoms with Crippen LogP contribution in [0.25, 0.3) is 0 Å². The van der Waals surface area contributed by atoms with Gasteiger partial charge in [-0.15, -0.1) is 6.58 Å². The predicted molar refractivity (Wildman–Crippen MR) is 49.3 cm³/mol. The third-order valence-corrected chi connectivity index (χ3v) is 2.49. The van der Waals surface area contributed by atoms with Crippen LogP contribution in [0.1, 0.15) is 19.8 Å². The monoisotopic (exact) mass is 182 g/mol. The average molecular weight is 182 g/mol. The quantitative estimate of drug-likeness (QED) is 0.647. The molecule has 2 N–H and O–H groups in total. The molecule has 0 amide bonds. The van der Waals surface area contributed by atoms with Crippen LogP contribution in [0.3, 0.4) is 0 Å². The first-order valence-electron chi connectivity index (χ1n) is 4.23. The van der Waals surface area contributed by atoms with E-state index in [1.54, 1.807) is 6.08 Å². The molecule has 0 unspecified atom stereocenters. The van der Waals surface area contributed by atoms with Crippen LogP contribution in [0.2, 0.25) is 0 Å². The number of aliphatic carboxylic acids is 1. The number of carboxylic acids is 1. The average Bonchev–Trinajstić information content (AvgIpc) is 2.28. The van der Waals surface area contributed by atoms with Gasteiger partial charge in [-0.2, -0.15) is 0 Å².